The molecule has 0 unspecified atom stereocenters. The first kappa shape index (κ1) is 22.7. The Labute approximate surface area is 226 Å². The van der Waals surface area contributed by atoms with E-state index in [0.29, 0.717) is 11.5 Å². The van der Waals surface area contributed by atoms with Crippen molar-refractivity contribution in [3.63, 3.8) is 0 Å². The molecule has 0 atom stereocenters. The molecule has 1 heterocycles. The molecule has 0 aliphatic carbocycles. The highest BCUT2D eigenvalue weighted by Gasteiger charge is 2.14. The second-order valence-corrected chi connectivity index (χ2v) is 9.55. The van der Waals surface area contributed by atoms with Gasteiger partial charge in [0, 0.05) is 11.1 Å². The molecule has 182 valence electrons. The van der Waals surface area contributed by atoms with Gasteiger partial charge in [0.25, 0.3) is 0 Å². The Morgan fingerprint density at radius 3 is 2.03 bits per heavy atom. The van der Waals surface area contributed by atoms with Gasteiger partial charge in [0.1, 0.15) is 5.52 Å². The third kappa shape index (κ3) is 4.15. The molecule has 1 aromatic heterocycles. The number of rotatable bonds is 4. The Morgan fingerprint density at radius 2 is 1.18 bits per heavy atom. The number of hydrogen-bond donors (Lipinski definition) is 0. The summed E-state index contributed by atoms with van der Waals surface area (Å²) in [5, 5.41) is 11.8. The fraction of sp³-hybridized carbons (Fsp3) is 0. The molecular formula is C36H22N2O. The van der Waals surface area contributed by atoms with Crippen LogP contribution in [0.4, 0.5) is 0 Å². The summed E-state index contributed by atoms with van der Waals surface area (Å²) in [6.07, 6.45) is 0. The Bertz CT molecular complexity index is 2020. The first-order chi connectivity index (χ1) is 19.3. The first-order valence-corrected chi connectivity index (χ1v) is 12.9. The molecular weight excluding hydrogens is 476 g/mol. The van der Waals surface area contributed by atoms with Crippen molar-refractivity contribution in [2.45, 2.75) is 0 Å². The number of nitrogens with zero attached hydrogens (tertiary/aromatic N) is 2. The highest BCUT2D eigenvalue weighted by atomic mass is 16.3. The van der Waals surface area contributed by atoms with E-state index in [1.165, 1.54) is 21.9 Å². The Kier molecular flexibility index (Phi) is 5.50. The van der Waals surface area contributed by atoms with Gasteiger partial charge >= 0.3 is 0 Å². The van der Waals surface area contributed by atoms with Crippen LogP contribution in [0.1, 0.15) is 5.56 Å². The van der Waals surface area contributed by atoms with Gasteiger partial charge in [-0.2, -0.15) is 5.26 Å². The topological polar surface area (TPSA) is 49.8 Å². The molecule has 6 aromatic carbocycles. The molecule has 0 saturated heterocycles. The van der Waals surface area contributed by atoms with Crippen LogP contribution in [0.2, 0.25) is 0 Å². The summed E-state index contributed by atoms with van der Waals surface area (Å²) in [6, 6.07) is 47.5. The number of oxazole rings is 1. The summed E-state index contributed by atoms with van der Waals surface area (Å²) < 4.78 is 6.23. The molecule has 0 N–H and O–H groups in total. The van der Waals surface area contributed by atoms with Crippen LogP contribution in [0.15, 0.2) is 138 Å². The molecule has 39 heavy (non-hydrogen) atoms. The fourth-order valence-electron chi connectivity index (χ4n) is 5.21. The largest absolute Gasteiger partial charge is 0.436 e. The van der Waals surface area contributed by atoms with Crippen LogP contribution in [-0.4, -0.2) is 4.98 Å². The number of aromatic nitrogens is 1. The van der Waals surface area contributed by atoms with Crippen LogP contribution in [0.3, 0.4) is 0 Å². The standard InChI is InChI=1S/C36H22N2O/c37-23-24-7-3-10-28(21-24)29-11-4-12-30(22-29)36-38-35-33(15-6-16-34(35)39-36)27-19-17-26(18-20-27)32-14-5-9-25-8-1-2-13-31(25)32/h1-22H. The second kappa shape index (κ2) is 9.45. The average molecular weight is 499 g/mol. The summed E-state index contributed by atoms with van der Waals surface area (Å²) >= 11 is 0. The van der Waals surface area contributed by atoms with Crippen LogP contribution in [0.5, 0.6) is 0 Å². The zero-order valence-electron chi connectivity index (χ0n) is 21.0. The minimum absolute atomic E-state index is 0.572. The van der Waals surface area contributed by atoms with Crippen LogP contribution in [0.25, 0.3) is 66.7 Å². The summed E-state index contributed by atoms with van der Waals surface area (Å²) in [5.41, 5.74) is 9.63. The quantitative estimate of drug-likeness (QED) is 0.243. The van der Waals surface area contributed by atoms with Crippen LogP contribution >= 0.6 is 0 Å². The smallest absolute Gasteiger partial charge is 0.227 e. The van der Waals surface area contributed by atoms with Gasteiger partial charge in [-0.05, 0) is 68.9 Å². The van der Waals surface area contributed by atoms with Crippen molar-refractivity contribution in [2.24, 2.45) is 0 Å². The van der Waals surface area contributed by atoms with Gasteiger partial charge in [0.05, 0.1) is 11.6 Å². The van der Waals surface area contributed by atoms with Gasteiger partial charge in [0.15, 0.2) is 5.58 Å². The lowest BCUT2D eigenvalue weighted by Gasteiger charge is -2.08. The Morgan fingerprint density at radius 1 is 0.538 bits per heavy atom. The van der Waals surface area contributed by atoms with E-state index in [2.05, 4.69) is 84.9 Å². The maximum atomic E-state index is 9.28. The summed E-state index contributed by atoms with van der Waals surface area (Å²) in [7, 11) is 0. The van der Waals surface area contributed by atoms with Crippen molar-refractivity contribution in [2.75, 3.05) is 0 Å². The summed E-state index contributed by atoms with van der Waals surface area (Å²) in [5.74, 6) is 0.572. The average Bonchev–Trinajstić information content (AvgIpc) is 3.46. The summed E-state index contributed by atoms with van der Waals surface area (Å²) in [4.78, 5) is 4.93. The maximum absolute atomic E-state index is 9.28. The first-order valence-electron chi connectivity index (χ1n) is 12.9. The predicted octanol–water partition coefficient (Wildman–Crippen LogP) is 9.52. The molecule has 0 bridgehead atoms. The molecule has 7 aromatic rings. The normalized spacial score (nSPS) is 11.1. The third-order valence-corrected chi connectivity index (χ3v) is 7.15. The van der Waals surface area contributed by atoms with Gasteiger partial charge in [-0.1, -0.05) is 103 Å². The van der Waals surface area contributed by atoms with Crippen molar-refractivity contribution < 1.29 is 4.42 Å². The predicted molar refractivity (Wildman–Crippen MR) is 158 cm³/mol. The van der Waals surface area contributed by atoms with Crippen molar-refractivity contribution in [1.29, 1.82) is 5.26 Å². The van der Waals surface area contributed by atoms with E-state index >= 15 is 0 Å². The molecule has 0 radical (unpaired) electrons. The lowest BCUT2D eigenvalue weighted by atomic mass is 9.96. The molecule has 0 spiro atoms. The number of benzene rings is 6. The Balaban J connectivity index is 1.26. The number of para-hydroxylation sites is 1. The van der Waals surface area contributed by atoms with E-state index in [1.807, 2.05) is 54.6 Å². The van der Waals surface area contributed by atoms with Gasteiger partial charge in [-0.25, -0.2) is 4.98 Å². The molecule has 0 amide bonds. The number of nitriles is 1. The van der Waals surface area contributed by atoms with Crippen molar-refractivity contribution in [1.82, 2.24) is 4.98 Å². The summed E-state index contributed by atoms with van der Waals surface area (Å²) in [6.45, 7) is 0. The van der Waals surface area contributed by atoms with Crippen LogP contribution in [-0.2, 0) is 0 Å². The van der Waals surface area contributed by atoms with Crippen molar-refractivity contribution in [3.8, 4) is 50.9 Å². The molecule has 0 aliphatic heterocycles. The highest BCUT2D eigenvalue weighted by Crippen LogP contribution is 2.35. The van der Waals surface area contributed by atoms with Crippen LogP contribution < -0.4 is 0 Å². The molecule has 3 heteroatoms. The van der Waals surface area contributed by atoms with Gasteiger partial charge < -0.3 is 4.42 Å². The second-order valence-electron chi connectivity index (χ2n) is 9.55. The molecule has 3 nitrogen and oxygen atoms in total. The molecule has 7 rings (SSSR count). The van der Waals surface area contributed by atoms with Crippen LogP contribution in [0, 0.1) is 11.3 Å². The fourth-order valence-corrected chi connectivity index (χ4v) is 5.21. The lowest BCUT2D eigenvalue weighted by Crippen LogP contribution is -1.84. The number of fused-ring (bicyclic) bond motifs is 2. The van der Waals surface area contributed by atoms with E-state index in [0.717, 1.165) is 38.9 Å². The van der Waals surface area contributed by atoms with E-state index in [9.17, 15) is 5.26 Å². The zero-order chi connectivity index (χ0) is 26.2. The lowest BCUT2D eigenvalue weighted by molar-refractivity contribution is 0.620. The van der Waals surface area contributed by atoms with Crippen molar-refractivity contribution in [3.05, 3.63) is 139 Å². The van der Waals surface area contributed by atoms with E-state index in [4.69, 9.17) is 9.40 Å². The third-order valence-electron chi connectivity index (χ3n) is 7.15. The maximum Gasteiger partial charge on any atom is 0.227 e. The SMILES string of the molecule is N#Cc1cccc(-c2cccc(-c3nc4c(-c5ccc(-c6cccc7ccccc67)cc5)cccc4o3)c2)c1. The minimum Gasteiger partial charge on any atom is -0.436 e. The van der Waals surface area contributed by atoms with E-state index in [-0.39, 0.29) is 0 Å². The number of hydrogen-bond acceptors (Lipinski definition) is 3. The zero-order valence-corrected chi connectivity index (χ0v) is 21.0. The van der Waals surface area contributed by atoms with Gasteiger partial charge in [0.2, 0.25) is 5.89 Å². The minimum atomic E-state index is 0.572. The molecule has 0 saturated carbocycles. The van der Waals surface area contributed by atoms with E-state index in [1.54, 1.807) is 0 Å². The van der Waals surface area contributed by atoms with Crippen molar-refractivity contribution >= 4 is 21.9 Å². The van der Waals surface area contributed by atoms with Gasteiger partial charge in [-0.3, -0.25) is 0 Å². The van der Waals surface area contributed by atoms with Gasteiger partial charge in [-0.15, -0.1) is 0 Å². The Hall–Kier alpha value is -5.46. The molecule has 0 fully saturated rings. The highest BCUT2D eigenvalue weighted by molar-refractivity contribution is 5.97. The van der Waals surface area contributed by atoms with E-state index < -0.39 is 0 Å². The monoisotopic (exact) mass is 498 g/mol. The molecule has 0 aliphatic rings.